The molecular formula is C18H34N4O. The highest BCUT2D eigenvalue weighted by Gasteiger charge is 2.37. The molecule has 1 saturated carbocycles. The van der Waals surface area contributed by atoms with Crippen molar-refractivity contribution in [2.45, 2.75) is 72.9 Å². The number of nitrogens with zero attached hydrogens (tertiary/aromatic N) is 1. The second kappa shape index (κ2) is 10.3. The predicted molar refractivity (Wildman–Crippen MR) is 95.7 cm³/mol. The Labute approximate surface area is 141 Å². The van der Waals surface area contributed by atoms with E-state index >= 15 is 0 Å². The highest BCUT2D eigenvalue weighted by Crippen LogP contribution is 2.29. The molecule has 1 amide bonds. The fourth-order valence-electron chi connectivity index (χ4n) is 3.20. The molecule has 5 heteroatoms. The zero-order valence-corrected chi connectivity index (χ0v) is 15.4. The van der Waals surface area contributed by atoms with Crippen LogP contribution in [0.25, 0.3) is 0 Å². The van der Waals surface area contributed by atoms with Gasteiger partial charge in [-0.3, -0.25) is 4.79 Å². The monoisotopic (exact) mass is 322 g/mol. The molecule has 2 aliphatic heterocycles. The van der Waals surface area contributed by atoms with E-state index in [0.717, 1.165) is 18.5 Å². The average molecular weight is 322 g/mol. The Bertz CT molecular complexity index is 419. The Kier molecular flexibility index (Phi) is 8.77. The molecule has 2 fully saturated rings. The van der Waals surface area contributed by atoms with Gasteiger partial charge in [0.25, 0.3) is 0 Å². The lowest BCUT2D eigenvalue weighted by atomic mass is 9.93. The van der Waals surface area contributed by atoms with Crippen LogP contribution in [0.15, 0.2) is 24.0 Å². The van der Waals surface area contributed by atoms with Crippen LogP contribution in [0.2, 0.25) is 0 Å². The maximum atomic E-state index is 12.7. The van der Waals surface area contributed by atoms with E-state index in [1.165, 1.54) is 19.3 Å². The second-order valence-electron chi connectivity index (χ2n) is 5.82. The summed E-state index contributed by atoms with van der Waals surface area (Å²) in [5, 5.41) is 4.92. The van der Waals surface area contributed by atoms with Crippen molar-refractivity contribution in [2.24, 2.45) is 11.8 Å². The molecule has 0 spiro atoms. The summed E-state index contributed by atoms with van der Waals surface area (Å²) >= 11 is 0. The highest BCUT2D eigenvalue weighted by molar-refractivity contribution is 5.79. The van der Waals surface area contributed by atoms with E-state index in [1.54, 1.807) is 5.01 Å². The third kappa shape index (κ3) is 4.99. The van der Waals surface area contributed by atoms with E-state index in [2.05, 4.69) is 23.2 Å². The van der Waals surface area contributed by atoms with E-state index in [0.29, 0.717) is 5.92 Å². The van der Waals surface area contributed by atoms with E-state index in [9.17, 15) is 4.79 Å². The molecule has 5 nitrogen and oxygen atoms in total. The van der Waals surface area contributed by atoms with Gasteiger partial charge in [0.1, 0.15) is 0 Å². The highest BCUT2D eigenvalue weighted by atomic mass is 16.2. The number of allylic oxidation sites excluding steroid dienone is 2. The Balaban J connectivity index is 0.000000615. The molecular weight excluding hydrogens is 288 g/mol. The van der Waals surface area contributed by atoms with Gasteiger partial charge >= 0.3 is 0 Å². The Morgan fingerprint density at radius 1 is 1.17 bits per heavy atom. The first-order valence-corrected chi connectivity index (χ1v) is 9.23. The smallest absolute Gasteiger partial charge is 0.243 e. The van der Waals surface area contributed by atoms with Crippen LogP contribution in [0.1, 0.15) is 66.7 Å². The lowest BCUT2D eigenvalue weighted by Gasteiger charge is -2.28. The number of carbonyl (C=O) groups is 1. The van der Waals surface area contributed by atoms with Crippen LogP contribution in [0.5, 0.6) is 0 Å². The second-order valence-corrected chi connectivity index (χ2v) is 5.82. The van der Waals surface area contributed by atoms with Crippen LogP contribution in [0.3, 0.4) is 0 Å². The molecule has 2 heterocycles. The summed E-state index contributed by atoms with van der Waals surface area (Å²) in [6.45, 7) is 10.3. The molecule has 3 N–H and O–H groups in total. The first-order valence-electron chi connectivity index (χ1n) is 9.23. The third-order valence-corrected chi connectivity index (χ3v) is 4.27. The first kappa shape index (κ1) is 19.6. The van der Waals surface area contributed by atoms with Crippen LogP contribution < -0.4 is 16.3 Å². The number of hydrazine groups is 2. The number of fused-ring (bicyclic) bond motifs is 1. The lowest BCUT2D eigenvalue weighted by molar-refractivity contribution is -0.140. The minimum Gasteiger partial charge on any atom is -0.365 e. The summed E-state index contributed by atoms with van der Waals surface area (Å²) in [6.07, 6.45) is 11.4. The minimum atomic E-state index is -0.0870. The minimum absolute atomic E-state index is 0.0870. The molecule has 0 aromatic heterocycles. The van der Waals surface area contributed by atoms with Gasteiger partial charge in [-0.1, -0.05) is 53.9 Å². The zero-order valence-electron chi connectivity index (χ0n) is 15.4. The molecule has 0 aromatic rings. The van der Waals surface area contributed by atoms with Crippen molar-refractivity contribution in [3.63, 3.8) is 0 Å². The SMILES string of the molecule is CC.CC.CC1CCCCC(C(=O)N2NNC3=CC=CNC32)C1. The number of rotatable bonds is 1. The molecule has 0 aromatic carbocycles. The van der Waals surface area contributed by atoms with Crippen molar-refractivity contribution < 1.29 is 4.79 Å². The summed E-state index contributed by atoms with van der Waals surface area (Å²) in [5.41, 5.74) is 7.05. The summed E-state index contributed by atoms with van der Waals surface area (Å²) in [7, 11) is 0. The molecule has 1 saturated heterocycles. The van der Waals surface area contributed by atoms with Gasteiger partial charge in [0.05, 0.1) is 5.70 Å². The molecule has 0 radical (unpaired) electrons. The van der Waals surface area contributed by atoms with Crippen molar-refractivity contribution in [1.82, 2.24) is 21.3 Å². The normalized spacial score (nSPS) is 28.5. The van der Waals surface area contributed by atoms with Gasteiger partial charge in [-0.05, 0) is 37.1 Å². The summed E-state index contributed by atoms with van der Waals surface area (Å²) < 4.78 is 0. The summed E-state index contributed by atoms with van der Waals surface area (Å²) in [5.74, 6) is 1.01. The maximum Gasteiger partial charge on any atom is 0.243 e. The molecule has 3 unspecified atom stereocenters. The van der Waals surface area contributed by atoms with Crippen molar-refractivity contribution in [1.29, 1.82) is 0 Å². The van der Waals surface area contributed by atoms with Crippen LogP contribution in [0.4, 0.5) is 0 Å². The van der Waals surface area contributed by atoms with Crippen LogP contribution in [-0.2, 0) is 4.79 Å². The third-order valence-electron chi connectivity index (χ3n) is 4.27. The Morgan fingerprint density at radius 2 is 1.87 bits per heavy atom. The van der Waals surface area contributed by atoms with Gasteiger partial charge in [-0.2, -0.15) is 0 Å². The number of nitrogens with one attached hydrogen (secondary N) is 3. The average Bonchev–Trinajstić information content (AvgIpc) is 2.92. The first-order chi connectivity index (χ1) is 11.3. The number of carbonyl (C=O) groups excluding carboxylic acids is 1. The fourth-order valence-corrected chi connectivity index (χ4v) is 3.20. The summed E-state index contributed by atoms with van der Waals surface area (Å²) in [4.78, 5) is 12.7. The zero-order chi connectivity index (χ0) is 17.2. The van der Waals surface area contributed by atoms with E-state index in [4.69, 9.17) is 0 Å². The van der Waals surface area contributed by atoms with E-state index in [1.807, 2.05) is 46.0 Å². The topological polar surface area (TPSA) is 56.4 Å². The maximum absolute atomic E-state index is 12.7. The number of amides is 1. The van der Waals surface area contributed by atoms with Gasteiger partial charge in [0, 0.05) is 5.92 Å². The van der Waals surface area contributed by atoms with Gasteiger partial charge in [-0.25, -0.2) is 5.01 Å². The number of hydrogen-bond acceptors (Lipinski definition) is 4. The lowest BCUT2D eigenvalue weighted by Crippen LogP contribution is -2.51. The number of hydrogen-bond donors (Lipinski definition) is 3. The van der Waals surface area contributed by atoms with Crippen LogP contribution in [0, 0.1) is 11.8 Å². The van der Waals surface area contributed by atoms with Gasteiger partial charge in [0.15, 0.2) is 6.17 Å². The Hall–Kier alpha value is -1.49. The van der Waals surface area contributed by atoms with Gasteiger partial charge in [0.2, 0.25) is 5.91 Å². The molecule has 0 bridgehead atoms. The van der Waals surface area contributed by atoms with Gasteiger partial charge < -0.3 is 10.7 Å². The van der Waals surface area contributed by atoms with Gasteiger partial charge in [-0.15, -0.1) is 5.53 Å². The summed E-state index contributed by atoms with van der Waals surface area (Å²) in [6, 6.07) is 0. The molecule has 3 rings (SSSR count). The molecule has 1 aliphatic carbocycles. The van der Waals surface area contributed by atoms with Crippen molar-refractivity contribution in [3.05, 3.63) is 24.0 Å². The van der Waals surface area contributed by atoms with E-state index < -0.39 is 0 Å². The number of dihydropyridines is 1. The largest absolute Gasteiger partial charge is 0.365 e. The van der Waals surface area contributed by atoms with Crippen LogP contribution in [-0.4, -0.2) is 17.1 Å². The van der Waals surface area contributed by atoms with Crippen LogP contribution >= 0.6 is 0 Å². The molecule has 23 heavy (non-hydrogen) atoms. The Morgan fingerprint density at radius 3 is 2.61 bits per heavy atom. The fraction of sp³-hybridized carbons (Fsp3) is 0.722. The molecule has 132 valence electrons. The standard InChI is InChI=1S/C14H22N4O.2C2H6/c1-10-5-2-3-6-11(9-10)14(19)18-13-12(16-17-18)7-4-8-15-13;2*1-2/h4,7-8,10-11,13,15-17H,2-3,5-6,9H2,1H3;2*1-2H3. The van der Waals surface area contributed by atoms with Crippen molar-refractivity contribution >= 4 is 5.91 Å². The molecule has 3 aliphatic rings. The van der Waals surface area contributed by atoms with E-state index in [-0.39, 0.29) is 18.0 Å². The van der Waals surface area contributed by atoms with Crippen molar-refractivity contribution in [2.75, 3.05) is 0 Å². The molecule has 3 atom stereocenters. The quantitative estimate of drug-likeness (QED) is 0.647. The predicted octanol–water partition coefficient (Wildman–Crippen LogP) is 3.43. The van der Waals surface area contributed by atoms with Crippen molar-refractivity contribution in [3.8, 4) is 0 Å².